The fourth-order valence-corrected chi connectivity index (χ4v) is 3.70. The van der Waals surface area contributed by atoms with Crippen molar-refractivity contribution in [3.63, 3.8) is 0 Å². The molecule has 3 N–H and O–H groups in total. The van der Waals surface area contributed by atoms with E-state index in [1.165, 1.54) is 24.9 Å². The fraction of sp³-hybridized carbons (Fsp3) is 0.0741. The summed E-state index contributed by atoms with van der Waals surface area (Å²) in [4.78, 5) is 15.1. The molecule has 1 aromatic heterocycles. The molecule has 0 unspecified atom stereocenters. The van der Waals surface area contributed by atoms with Crippen molar-refractivity contribution in [3.05, 3.63) is 98.7 Å². The summed E-state index contributed by atoms with van der Waals surface area (Å²) >= 11 is 5.29. The molecule has 0 aliphatic carbocycles. The average molecular weight is 503 g/mol. The molecular weight excluding hydrogens is 480 g/mol. The van der Waals surface area contributed by atoms with Gasteiger partial charge in [-0.25, -0.2) is 0 Å². The SMILES string of the molecule is COc1cc(C=C=Cc2c(O)n(-c3ccc(Oc4ccccc4)cc3)c(=S)[nH]c2=O)cc(OC)c1O. The first-order valence-corrected chi connectivity index (χ1v) is 11.1. The van der Waals surface area contributed by atoms with Crippen LogP contribution in [0.5, 0.6) is 34.6 Å². The lowest BCUT2D eigenvalue weighted by atomic mass is 10.1. The number of aromatic nitrogens is 2. The van der Waals surface area contributed by atoms with Gasteiger partial charge >= 0.3 is 0 Å². The molecular formula is C27H22N2O6S. The highest BCUT2D eigenvalue weighted by Crippen LogP contribution is 2.37. The van der Waals surface area contributed by atoms with Crippen LogP contribution in [0.4, 0.5) is 0 Å². The predicted octanol–water partition coefficient (Wildman–Crippen LogP) is 5.44. The minimum absolute atomic E-state index is 0.0309. The van der Waals surface area contributed by atoms with Gasteiger partial charge in [0.15, 0.2) is 16.3 Å². The van der Waals surface area contributed by atoms with Crippen LogP contribution in [-0.2, 0) is 0 Å². The van der Waals surface area contributed by atoms with Crippen LogP contribution in [0.1, 0.15) is 11.1 Å². The van der Waals surface area contributed by atoms with E-state index in [-0.39, 0.29) is 33.5 Å². The van der Waals surface area contributed by atoms with E-state index in [4.69, 9.17) is 26.4 Å². The predicted molar refractivity (Wildman–Crippen MR) is 139 cm³/mol. The summed E-state index contributed by atoms with van der Waals surface area (Å²) in [6.45, 7) is 0. The molecule has 4 rings (SSSR count). The average Bonchev–Trinajstić information content (AvgIpc) is 2.88. The summed E-state index contributed by atoms with van der Waals surface area (Å²) < 4.78 is 17.5. The van der Waals surface area contributed by atoms with Crippen LogP contribution in [0, 0.1) is 4.77 Å². The van der Waals surface area contributed by atoms with Crippen LogP contribution in [0.15, 0.2) is 77.3 Å². The zero-order chi connectivity index (χ0) is 25.7. The number of nitrogens with zero attached hydrogens (tertiary/aromatic N) is 1. The first kappa shape index (κ1) is 24.4. The third-order valence-corrected chi connectivity index (χ3v) is 5.46. The van der Waals surface area contributed by atoms with Gasteiger partial charge in [-0.1, -0.05) is 18.2 Å². The number of para-hydroxylation sites is 1. The Bertz CT molecular complexity index is 1540. The molecule has 0 amide bonds. The Balaban J connectivity index is 1.67. The molecule has 9 heteroatoms. The molecule has 3 aromatic carbocycles. The third-order valence-electron chi connectivity index (χ3n) is 5.17. The van der Waals surface area contributed by atoms with Gasteiger partial charge < -0.3 is 24.4 Å². The summed E-state index contributed by atoms with van der Waals surface area (Å²) in [6.07, 6.45) is 2.88. The number of rotatable bonds is 7. The summed E-state index contributed by atoms with van der Waals surface area (Å²) in [6, 6.07) is 19.4. The lowest BCUT2D eigenvalue weighted by molar-refractivity contribution is 0.340. The van der Waals surface area contributed by atoms with Gasteiger partial charge in [0.2, 0.25) is 11.6 Å². The molecule has 182 valence electrons. The molecule has 0 aliphatic heterocycles. The van der Waals surface area contributed by atoms with E-state index in [9.17, 15) is 15.0 Å². The Morgan fingerprint density at radius 2 is 1.53 bits per heavy atom. The molecule has 0 saturated carbocycles. The normalized spacial score (nSPS) is 10.3. The molecule has 0 atom stereocenters. The first-order valence-electron chi connectivity index (χ1n) is 10.7. The highest BCUT2D eigenvalue weighted by molar-refractivity contribution is 7.71. The highest BCUT2D eigenvalue weighted by atomic mass is 32.1. The zero-order valence-corrected chi connectivity index (χ0v) is 20.2. The summed E-state index contributed by atoms with van der Waals surface area (Å²) in [5.41, 5.74) is 3.38. The quantitative estimate of drug-likeness (QED) is 0.228. The number of nitrogens with one attached hydrogen (secondary N) is 1. The second-order valence-electron chi connectivity index (χ2n) is 7.47. The number of aromatic amines is 1. The standard InChI is InChI=1S/C27H22N2O6S/c1-33-22-15-17(16-23(34-2)24(22)30)7-6-10-21-25(31)28-27(36)29(26(21)32)18-11-13-20(14-12-18)35-19-8-4-3-5-9-19/h3-5,7-16,30,32H,1-2H3,(H,28,31,36). The van der Waals surface area contributed by atoms with E-state index in [1.54, 1.807) is 42.5 Å². The van der Waals surface area contributed by atoms with Crippen molar-refractivity contribution in [2.45, 2.75) is 0 Å². The van der Waals surface area contributed by atoms with Crippen LogP contribution in [-0.4, -0.2) is 34.0 Å². The second-order valence-corrected chi connectivity index (χ2v) is 7.86. The molecule has 0 radical (unpaired) electrons. The van der Waals surface area contributed by atoms with Crippen molar-refractivity contribution >= 4 is 24.4 Å². The number of methoxy groups -OCH3 is 2. The Morgan fingerprint density at radius 3 is 2.14 bits per heavy atom. The lowest BCUT2D eigenvalue weighted by Crippen LogP contribution is -2.15. The molecule has 4 aromatic rings. The minimum Gasteiger partial charge on any atom is -0.502 e. The minimum atomic E-state index is -0.570. The van der Waals surface area contributed by atoms with Crippen molar-refractivity contribution in [1.82, 2.24) is 9.55 Å². The first-order chi connectivity index (χ1) is 17.4. The Hall–Kier alpha value is -4.72. The molecule has 0 bridgehead atoms. The lowest BCUT2D eigenvalue weighted by Gasteiger charge is -2.12. The van der Waals surface area contributed by atoms with Crippen LogP contribution in [0.2, 0.25) is 0 Å². The largest absolute Gasteiger partial charge is 0.502 e. The molecule has 0 spiro atoms. The molecule has 0 saturated heterocycles. The van der Waals surface area contributed by atoms with Gasteiger partial charge in [0, 0.05) is 0 Å². The number of ether oxygens (including phenoxy) is 3. The van der Waals surface area contributed by atoms with E-state index >= 15 is 0 Å². The maximum Gasteiger partial charge on any atom is 0.263 e. The molecule has 8 nitrogen and oxygen atoms in total. The smallest absolute Gasteiger partial charge is 0.263 e. The van der Waals surface area contributed by atoms with E-state index in [0.29, 0.717) is 22.7 Å². The Labute approximate surface area is 211 Å². The van der Waals surface area contributed by atoms with E-state index < -0.39 is 5.56 Å². The summed E-state index contributed by atoms with van der Waals surface area (Å²) in [5, 5.41) is 20.9. The van der Waals surface area contributed by atoms with Crippen molar-refractivity contribution in [1.29, 1.82) is 0 Å². The maximum absolute atomic E-state index is 12.5. The number of hydrogen-bond acceptors (Lipinski definition) is 7. The van der Waals surface area contributed by atoms with Crippen molar-refractivity contribution < 1.29 is 24.4 Å². The highest BCUT2D eigenvalue weighted by Gasteiger charge is 2.13. The second kappa shape index (κ2) is 10.7. The maximum atomic E-state index is 12.5. The Kier molecular flexibility index (Phi) is 7.25. The van der Waals surface area contributed by atoms with Crippen LogP contribution in [0.25, 0.3) is 17.8 Å². The van der Waals surface area contributed by atoms with E-state index in [1.807, 2.05) is 30.3 Å². The molecule has 0 fully saturated rings. The van der Waals surface area contributed by atoms with Crippen LogP contribution < -0.4 is 19.8 Å². The van der Waals surface area contributed by atoms with Gasteiger partial charge in [-0.3, -0.25) is 14.3 Å². The van der Waals surface area contributed by atoms with E-state index in [0.717, 1.165) is 0 Å². The Morgan fingerprint density at radius 1 is 0.917 bits per heavy atom. The van der Waals surface area contributed by atoms with Crippen LogP contribution in [0.3, 0.4) is 0 Å². The number of phenols is 1. The summed E-state index contributed by atoms with van der Waals surface area (Å²) in [7, 11) is 2.84. The number of benzene rings is 3. The van der Waals surface area contributed by atoms with Gasteiger partial charge in [-0.2, -0.15) is 0 Å². The molecule has 36 heavy (non-hydrogen) atoms. The van der Waals surface area contributed by atoms with Gasteiger partial charge in [-0.05, 0) is 78.5 Å². The van der Waals surface area contributed by atoms with Crippen molar-refractivity contribution in [3.8, 4) is 40.3 Å². The van der Waals surface area contributed by atoms with Crippen LogP contribution >= 0.6 is 12.2 Å². The van der Waals surface area contributed by atoms with Crippen molar-refractivity contribution in [2.75, 3.05) is 14.2 Å². The molecule has 1 heterocycles. The monoisotopic (exact) mass is 502 g/mol. The van der Waals surface area contributed by atoms with Gasteiger partial charge in [0.1, 0.15) is 17.1 Å². The third kappa shape index (κ3) is 5.17. The zero-order valence-electron chi connectivity index (χ0n) is 19.4. The van der Waals surface area contributed by atoms with E-state index in [2.05, 4.69) is 10.7 Å². The fourth-order valence-electron chi connectivity index (χ4n) is 3.41. The van der Waals surface area contributed by atoms with Gasteiger partial charge in [-0.15, -0.1) is 5.73 Å². The topological polar surface area (TPSA) is 106 Å². The molecule has 0 aliphatic rings. The number of H-pyrrole nitrogens is 1. The van der Waals surface area contributed by atoms with Gasteiger partial charge in [0.05, 0.1) is 19.9 Å². The van der Waals surface area contributed by atoms with Crippen molar-refractivity contribution in [2.24, 2.45) is 0 Å². The number of hydrogen-bond donors (Lipinski definition) is 3. The number of phenolic OH excluding ortho intramolecular Hbond substituents is 1. The number of aromatic hydroxyl groups is 2. The van der Waals surface area contributed by atoms with Gasteiger partial charge in [0.25, 0.3) is 5.56 Å². The summed E-state index contributed by atoms with van der Waals surface area (Å²) in [5.74, 6) is 1.26.